The van der Waals surface area contributed by atoms with Crippen LogP contribution in [0.1, 0.15) is 12.0 Å². The molecule has 164 valence electrons. The summed E-state index contributed by atoms with van der Waals surface area (Å²) >= 11 is 8.14. The molecule has 0 bridgehead atoms. The van der Waals surface area contributed by atoms with E-state index in [9.17, 15) is 14.0 Å². The largest absolute Gasteiger partial charge is 0.292 e. The zero-order chi connectivity index (χ0) is 22.9. The number of rotatable bonds is 4. The van der Waals surface area contributed by atoms with Crippen LogP contribution in [0.4, 0.5) is 15.8 Å². The van der Waals surface area contributed by atoms with Gasteiger partial charge >= 0.3 is 0 Å². The van der Waals surface area contributed by atoms with Crippen molar-refractivity contribution in [1.29, 1.82) is 0 Å². The highest BCUT2D eigenvalue weighted by molar-refractivity contribution is 8.26. The van der Waals surface area contributed by atoms with Crippen LogP contribution in [0.3, 0.4) is 0 Å². The van der Waals surface area contributed by atoms with E-state index < -0.39 is 5.82 Å². The first-order valence-electron chi connectivity index (χ1n) is 10.2. The number of nitrogens with zero attached hydrogens (tertiary/aromatic N) is 2. The third-order valence-corrected chi connectivity index (χ3v) is 7.80. The molecular formula is C25H17FN2O2S3. The highest BCUT2D eigenvalue weighted by Crippen LogP contribution is 2.48. The van der Waals surface area contributed by atoms with E-state index in [4.69, 9.17) is 12.2 Å². The fourth-order valence-electron chi connectivity index (χ4n) is 3.72. The first-order chi connectivity index (χ1) is 16.0. The quantitative estimate of drug-likeness (QED) is 0.318. The van der Waals surface area contributed by atoms with Crippen molar-refractivity contribution in [2.75, 3.05) is 11.4 Å². The number of benzene rings is 3. The molecule has 8 heteroatoms. The average Bonchev–Trinajstić information content (AvgIpc) is 3.09. The lowest BCUT2D eigenvalue weighted by Crippen LogP contribution is -2.35. The van der Waals surface area contributed by atoms with Gasteiger partial charge in [-0.05, 0) is 36.4 Å². The predicted molar refractivity (Wildman–Crippen MR) is 135 cm³/mol. The van der Waals surface area contributed by atoms with Crippen molar-refractivity contribution in [2.45, 2.75) is 16.2 Å². The molecule has 2 heterocycles. The Kier molecular flexibility index (Phi) is 6.05. The summed E-state index contributed by atoms with van der Waals surface area (Å²) in [6.45, 7) is 0.159. The van der Waals surface area contributed by atoms with Crippen LogP contribution in [0.5, 0.6) is 0 Å². The van der Waals surface area contributed by atoms with Crippen LogP contribution in [0.15, 0.2) is 87.5 Å². The molecule has 2 aliphatic heterocycles. The molecule has 0 radical (unpaired) electrons. The van der Waals surface area contributed by atoms with Crippen LogP contribution in [0.25, 0.3) is 6.08 Å². The van der Waals surface area contributed by atoms with Gasteiger partial charge in [-0.3, -0.25) is 19.4 Å². The smallest absolute Gasteiger partial charge is 0.266 e. The Morgan fingerprint density at radius 1 is 0.909 bits per heavy atom. The molecule has 2 aliphatic rings. The van der Waals surface area contributed by atoms with Crippen molar-refractivity contribution < 1.29 is 14.0 Å². The molecule has 1 saturated heterocycles. The van der Waals surface area contributed by atoms with E-state index >= 15 is 0 Å². The fourth-order valence-corrected chi connectivity index (χ4v) is 6.08. The second-order valence-electron chi connectivity index (χ2n) is 7.37. The van der Waals surface area contributed by atoms with Gasteiger partial charge in [0.2, 0.25) is 5.91 Å². The molecule has 0 aromatic heterocycles. The number of carbonyl (C=O) groups excluding carboxylic acids is 2. The highest BCUT2D eigenvalue weighted by atomic mass is 32.2. The number of anilines is 2. The lowest BCUT2D eigenvalue weighted by Gasteiger charge is -2.31. The Balaban J connectivity index is 1.35. The summed E-state index contributed by atoms with van der Waals surface area (Å²) < 4.78 is 14.4. The number of thiocarbonyl (C=S) groups is 1. The summed E-state index contributed by atoms with van der Waals surface area (Å²) in [5, 5.41) is 0. The van der Waals surface area contributed by atoms with Crippen molar-refractivity contribution >= 4 is 69.3 Å². The van der Waals surface area contributed by atoms with Crippen molar-refractivity contribution in [3.63, 3.8) is 0 Å². The molecule has 3 aromatic rings. The second kappa shape index (κ2) is 9.13. The maximum absolute atomic E-state index is 14.0. The first-order valence-corrected chi connectivity index (χ1v) is 12.3. The lowest BCUT2D eigenvalue weighted by atomic mass is 10.2. The zero-order valence-corrected chi connectivity index (χ0v) is 19.7. The van der Waals surface area contributed by atoms with Crippen LogP contribution in [-0.4, -0.2) is 27.6 Å². The number of halogens is 1. The van der Waals surface area contributed by atoms with Crippen LogP contribution in [0, 0.1) is 5.82 Å². The Morgan fingerprint density at radius 3 is 2.18 bits per heavy atom. The lowest BCUT2D eigenvalue weighted by molar-refractivity contribution is -0.123. The second-order valence-corrected chi connectivity index (χ2v) is 10.1. The minimum absolute atomic E-state index is 0.104. The molecule has 5 rings (SSSR count). The van der Waals surface area contributed by atoms with E-state index in [0.29, 0.717) is 14.8 Å². The molecule has 0 N–H and O–H groups in total. The molecule has 4 nitrogen and oxygen atoms in total. The van der Waals surface area contributed by atoms with Crippen LogP contribution < -0.4 is 4.90 Å². The molecular weight excluding hydrogens is 475 g/mol. The molecule has 0 unspecified atom stereocenters. The Bertz CT molecular complexity index is 1280. The van der Waals surface area contributed by atoms with Gasteiger partial charge in [0.25, 0.3) is 5.91 Å². The third kappa shape index (κ3) is 4.21. The summed E-state index contributed by atoms with van der Waals surface area (Å²) in [7, 11) is 0. The van der Waals surface area contributed by atoms with E-state index in [1.165, 1.54) is 17.0 Å². The maximum Gasteiger partial charge on any atom is 0.266 e. The highest BCUT2D eigenvalue weighted by Gasteiger charge is 2.34. The van der Waals surface area contributed by atoms with Gasteiger partial charge in [-0.1, -0.05) is 78.2 Å². The number of thioether (sulfide) groups is 1. The number of fused-ring (bicyclic) bond motifs is 2. The summed E-state index contributed by atoms with van der Waals surface area (Å²) in [5.74, 6) is -0.836. The van der Waals surface area contributed by atoms with E-state index in [2.05, 4.69) is 0 Å². The minimum Gasteiger partial charge on any atom is -0.292 e. The minimum atomic E-state index is -0.404. The molecule has 2 amide bonds. The topological polar surface area (TPSA) is 40.6 Å². The van der Waals surface area contributed by atoms with E-state index in [1.807, 2.05) is 48.5 Å². The summed E-state index contributed by atoms with van der Waals surface area (Å²) in [5.41, 5.74) is 1.99. The molecule has 1 fully saturated rings. The number of carbonyl (C=O) groups is 2. The first kappa shape index (κ1) is 21.9. The van der Waals surface area contributed by atoms with Crippen molar-refractivity contribution in [3.05, 3.63) is 89.1 Å². The van der Waals surface area contributed by atoms with Crippen LogP contribution in [-0.2, 0) is 9.59 Å². The normalized spacial score (nSPS) is 16.2. The van der Waals surface area contributed by atoms with Crippen molar-refractivity contribution in [1.82, 2.24) is 4.90 Å². The molecule has 0 spiro atoms. The summed E-state index contributed by atoms with van der Waals surface area (Å²) in [6.07, 6.45) is 1.61. The average molecular weight is 493 g/mol. The van der Waals surface area contributed by atoms with E-state index in [0.717, 1.165) is 32.9 Å². The van der Waals surface area contributed by atoms with Crippen molar-refractivity contribution in [3.8, 4) is 0 Å². The Morgan fingerprint density at radius 2 is 1.52 bits per heavy atom. The number of para-hydroxylation sites is 2. The van der Waals surface area contributed by atoms with Crippen LogP contribution >= 0.6 is 35.7 Å². The number of hydrogen-bond donors (Lipinski definition) is 0. The van der Waals surface area contributed by atoms with Gasteiger partial charge < -0.3 is 0 Å². The third-order valence-electron chi connectivity index (χ3n) is 5.30. The monoisotopic (exact) mass is 492 g/mol. The standard InChI is InChI=1S/C25H17FN2O2S3/c26-17-8-2-1-7-16(17)15-22-24(30)27(25(31)33-22)14-13-23(29)28-18-9-3-5-11-20(18)32-21-12-6-4-10-19(21)28/h1-12,15H,13-14H2. The zero-order valence-electron chi connectivity index (χ0n) is 17.2. The molecule has 3 aromatic carbocycles. The van der Waals surface area contributed by atoms with E-state index in [1.54, 1.807) is 34.9 Å². The Labute approximate surface area is 204 Å². The van der Waals surface area contributed by atoms with Crippen molar-refractivity contribution in [2.24, 2.45) is 0 Å². The fraction of sp³-hybridized carbons (Fsp3) is 0.0800. The van der Waals surface area contributed by atoms with E-state index in [-0.39, 0.29) is 24.8 Å². The maximum atomic E-state index is 14.0. The van der Waals surface area contributed by atoms with Gasteiger partial charge in [0, 0.05) is 28.3 Å². The Hall–Kier alpha value is -2.94. The molecule has 0 saturated carbocycles. The number of amides is 2. The van der Waals surface area contributed by atoms with Gasteiger partial charge in [0.05, 0.1) is 16.3 Å². The predicted octanol–water partition coefficient (Wildman–Crippen LogP) is 6.25. The van der Waals surface area contributed by atoms with Gasteiger partial charge in [0.1, 0.15) is 10.1 Å². The van der Waals surface area contributed by atoms with Crippen LogP contribution in [0.2, 0.25) is 0 Å². The van der Waals surface area contributed by atoms with Gasteiger partial charge in [-0.15, -0.1) is 0 Å². The molecule has 0 aliphatic carbocycles. The molecule has 33 heavy (non-hydrogen) atoms. The number of hydrogen-bond acceptors (Lipinski definition) is 5. The van der Waals surface area contributed by atoms with Gasteiger partial charge in [-0.25, -0.2) is 4.39 Å². The summed E-state index contributed by atoms with van der Waals surface area (Å²) in [4.78, 5) is 31.8. The summed E-state index contributed by atoms with van der Waals surface area (Å²) in [6, 6.07) is 21.8. The van der Waals surface area contributed by atoms with Gasteiger partial charge in [-0.2, -0.15) is 0 Å². The SMILES string of the molecule is O=C1C(=Cc2ccccc2F)SC(=S)N1CCC(=O)N1c2ccccc2Sc2ccccc21. The van der Waals surface area contributed by atoms with Gasteiger partial charge in [0.15, 0.2) is 0 Å². The molecule has 0 atom stereocenters.